The van der Waals surface area contributed by atoms with E-state index in [9.17, 15) is 15.0 Å². The Kier molecular flexibility index (Phi) is 5.91. The van der Waals surface area contributed by atoms with E-state index in [0.717, 1.165) is 42.3 Å². The van der Waals surface area contributed by atoms with Gasteiger partial charge in [0.05, 0.1) is 30.0 Å². The Hall–Kier alpha value is -3.52. The van der Waals surface area contributed by atoms with Crippen LogP contribution in [0.3, 0.4) is 0 Å². The van der Waals surface area contributed by atoms with Crippen molar-refractivity contribution in [2.45, 2.75) is 38.0 Å². The van der Waals surface area contributed by atoms with Crippen LogP contribution in [-0.2, 0) is 0 Å². The van der Waals surface area contributed by atoms with Crippen molar-refractivity contribution < 1.29 is 24.5 Å². The van der Waals surface area contributed by atoms with Crippen molar-refractivity contribution >= 4 is 27.3 Å². The van der Waals surface area contributed by atoms with Gasteiger partial charge in [0.25, 0.3) is 0 Å². The Morgan fingerprint density at radius 3 is 2.35 bits per heavy atom. The minimum absolute atomic E-state index is 0.0271. The largest absolute Gasteiger partial charge is 0.503 e. The lowest BCUT2D eigenvalue weighted by atomic mass is 9.84. The molecular weight excluding hydrogens is 452 g/mol. The SMILES string of the molecule is COc1ccc(C(=O)c2c(O)c(O)n(-c3nc4cc(OC)ccc4s3)c2C2CCCCC2)cc1. The Balaban J connectivity index is 1.69. The Morgan fingerprint density at radius 2 is 1.68 bits per heavy atom. The lowest BCUT2D eigenvalue weighted by molar-refractivity contribution is 0.103. The van der Waals surface area contributed by atoms with Crippen molar-refractivity contribution in [1.29, 1.82) is 0 Å². The van der Waals surface area contributed by atoms with Crippen LogP contribution in [0.1, 0.15) is 59.6 Å². The van der Waals surface area contributed by atoms with Gasteiger partial charge >= 0.3 is 0 Å². The van der Waals surface area contributed by atoms with E-state index in [-0.39, 0.29) is 23.1 Å². The van der Waals surface area contributed by atoms with Crippen LogP contribution < -0.4 is 9.47 Å². The first-order chi connectivity index (χ1) is 16.5. The van der Waals surface area contributed by atoms with Gasteiger partial charge in [0, 0.05) is 23.2 Å². The van der Waals surface area contributed by atoms with Gasteiger partial charge in [-0.1, -0.05) is 30.6 Å². The molecule has 7 nitrogen and oxygen atoms in total. The molecule has 1 aliphatic rings. The topological polar surface area (TPSA) is 93.8 Å². The first-order valence-electron chi connectivity index (χ1n) is 11.3. The average Bonchev–Trinajstić information content (AvgIpc) is 3.41. The molecule has 2 aromatic heterocycles. The first kappa shape index (κ1) is 22.3. The summed E-state index contributed by atoms with van der Waals surface area (Å²) in [5.74, 6) is 0.254. The first-order valence-corrected chi connectivity index (χ1v) is 12.1. The van der Waals surface area contributed by atoms with Gasteiger partial charge in [-0.2, -0.15) is 0 Å². The summed E-state index contributed by atoms with van der Waals surface area (Å²) in [5.41, 5.74) is 1.91. The van der Waals surface area contributed by atoms with Gasteiger partial charge in [-0.25, -0.2) is 4.98 Å². The van der Waals surface area contributed by atoms with Crippen LogP contribution in [0.15, 0.2) is 42.5 Å². The molecule has 0 radical (unpaired) electrons. The number of nitrogens with zero attached hydrogens (tertiary/aromatic N) is 2. The second kappa shape index (κ2) is 9.02. The molecule has 0 amide bonds. The molecule has 1 saturated carbocycles. The van der Waals surface area contributed by atoms with Crippen molar-refractivity contribution in [3.05, 3.63) is 59.3 Å². The van der Waals surface area contributed by atoms with Crippen LogP contribution in [0.4, 0.5) is 0 Å². The molecule has 1 aliphatic carbocycles. The van der Waals surface area contributed by atoms with Crippen LogP contribution in [0.25, 0.3) is 15.3 Å². The minimum Gasteiger partial charge on any atom is -0.503 e. The molecule has 5 rings (SSSR count). The van der Waals surface area contributed by atoms with E-state index >= 15 is 0 Å². The van der Waals surface area contributed by atoms with Crippen LogP contribution in [-0.4, -0.2) is 39.8 Å². The molecule has 0 unspecified atom stereocenters. The number of ether oxygens (including phenoxy) is 2. The van der Waals surface area contributed by atoms with E-state index in [4.69, 9.17) is 14.5 Å². The summed E-state index contributed by atoms with van der Waals surface area (Å²) in [5, 5.41) is 22.6. The molecular formula is C26H26N2O5S. The highest BCUT2D eigenvalue weighted by molar-refractivity contribution is 7.20. The Morgan fingerprint density at radius 1 is 1.00 bits per heavy atom. The standard InChI is InChI=1S/C26H26N2O5S/c1-32-17-10-8-16(9-11-17)23(29)21-22(15-6-4-3-5-7-15)28(25(31)24(21)30)26-27-19-14-18(33-2)12-13-20(19)34-26/h8-15,30-31H,3-7H2,1-2H3. The van der Waals surface area contributed by atoms with Gasteiger partial charge < -0.3 is 19.7 Å². The van der Waals surface area contributed by atoms with Gasteiger partial charge in [0.2, 0.25) is 5.88 Å². The zero-order valence-corrected chi connectivity index (χ0v) is 19.9. The van der Waals surface area contributed by atoms with Gasteiger partial charge in [-0.05, 0) is 49.2 Å². The average molecular weight is 479 g/mol. The highest BCUT2D eigenvalue weighted by Gasteiger charge is 2.34. The highest BCUT2D eigenvalue weighted by atomic mass is 32.1. The lowest BCUT2D eigenvalue weighted by Gasteiger charge is -2.24. The maximum Gasteiger partial charge on any atom is 0.242 e. The van der Waals surface area contributed by atoms with Crippen molar-refractivity contribution in [2.75, 3.05) is 14.2 Å². The number of hydrogen-bond acceptors (Lipinski definition) is 7. The summed E-state index contributed by atoms with van der Waals surface area (Å²) in [7, 11) is 3.16. The monoisotopic (exact) mass is 478 g/mol. The van der Waals surface area contributed by atoms with E-state index < -0.39 is 5.75 Å². The van der Waals surface area contributed by atoms with Gasteiger partial charge in [-0.15, -0.1) is 0 Å². The van der Waals surface area contributed by atoms with Crippen molar-refractivity contribution in [1.82, 2.24) is 9.55 Å². The van der Waals surface area contributed by atoms with E-state index in [0.29, 0.717) is 27.9 Å². The third kappa shape index (κ3) is 3.77. The van der Waals surface area contributed by atoms with Gasteiger partial charge in [0.1, 0.15) is 11.5 Å². The van der Waals surface area contributed by atoms with Gasteiger partial charge in [0.15, 0.2) is 16.7 Å². The molecule has 8 heteroatoms. The van der Waals surface area contributed by atoms with Crippen LogP contribution in [0.2, 0.25) is 0 Å². The molecule has 34 heavy (non-hydrogen) atoms. The molecule has 0 saturated heterocycles. The summed E-state index contributed by atoms with van der Waals surface area (Å²) in [6.45, 7) is 0. The Labute approximate surface area is 201 Å². The van der Waals surface area contributed by atoms with Gasteiger partial charge in [-0.3, -0.25) is 9.36 Å². The summed E-state index contributed by atoms with van der Waals surface area (Å²) in [6.07, 6.45) is 4.96. The normalized spacial score (nSPS) is 14.4. The summed E-state index contributed by atoms with van der Waals surface area (Å²) >= 11 is 1.39. The highest BCUT2D eigenvalue weighted by Crippen LogP contribution is 2.47. The third-order valence-corrected chi connectivity index (χ3v) is 7.52. The maximum atomic E-state index is 13.6. The second-order valence-electron chi connectivity index (χ2n) is 8.49. The summed E-state index contributed by atoms with van der Waals surface area (Å²) < 4.78 is 13.0. The number of aromatic hydroxyl groups is 2. The molecule has 2 heterocycles. The summed E-state index contributed by atoms with van der Waals surface area (Å²) in [6, 6.07) is 12.4. The smallest absolute Gasteiger partial charge is 0.242 e. The summed E-state index contributed by atoms with van der Waals surface area (Å²) in [4.78, 5) is 18.3. The van der Waals surface area contributed by atoms with Crippen molar-refractivity contribution in [3.63, 3.8) is 0 Å². The molecule has 0 bridgehead atoms. The number of thiazole rings is 1. The van der Waals surface area contributed by atoms with Crippen molar-refractivity contribution in [3.8, 4) is 28.3 Å². The van der Waals surface area contributed by atoms with Crippen molar-refractivity contribution in [2.24, 2.45) is 0 Å². The molecule has 0 spiro atoms. The number of hydrogen-bond donors (Lipinski definition) is 2. The fraction of sp³-hybridized carbons (Fsp3) is 0.308. The van der Waals surface area contributed by atoms with E-state index in [1.165, 1.54) is 11.3 Å². The second-order valence-corrected chi connectivity index (χ2v) is 9.50. The molecule has 1 fully saturated rings. The number of methoxy groups -OCH3 is 2. The number of carbonyl (C=O) groups is 1. The number of ketones is 1. The third-order valence-electron chi connectivity index (χ3n) is 6.50. The zero-order chi connectivity index (χ0) is 23.8. The van der Waals surface area contributed by atoms with Crippen LogP contribution >= 0.6 is 11.3 Å². The number of carbonyl (C=O) groups excluding carboxylic acids is 1. The molecule has 0 aliphatic heterocycles. The van der Waals surface area contributed by atoms with E-state index in [1.807, 2.05) is 18.2 Å². The number of rotatable bonds is 6. The van der Waals surface area contributed by atoms with E-state index in [1.54, 1.807) is 43.1 Å². The van der Waals surface area contributed by atoms with Crippen LogP contribution in [0.5, 0.6) is 23.1 Å². The maximum absolute atomic E-state index is 13.6. The number of benzene rings is 2. The quantitative estimate of drug-likeness (QED) is 0.341. The fourth-order valence-corrected chi connectivity index (χ4v) is 5.71. The fourth-order valence-electron chi connectivity index (χ4n) is 4.75. The predicted octanol–water partition coefficient (Wildman–Crippen LogP) is 5.79. The molecule has 4 aromatic rings. The molecule has 2 N–H and O–H groups in total. The van der Waals surface area contributed by atoms with Crippen LogP contribution in [0, 0.1) is 0 Å². The molecule has 176 valence electrons. The number of fused-ring (bicyclic) bond motifs is 1. The zero-order valence-electron chi connectivity index (χ0n) is 19.1. The number of aromatic nitrogens is 2. The molecule has 2 aromatic carbocycles. The predicted molar refractivity (Wildman–Crippen MR) is 131 cm³/mol. The molecule has 0 atom stereocenters. The Bertz CT molecular complexity index is 1350. The lowest BCUT2D eigenvalue weighted by Crippen LogP contribution is -2.14. The minimum atomic E-state index is -0.404. The van der Waals surface area contributed by atoms with E-state index in [2.05, 4.69) is 0 Å².